The lowest BCUT2D eigenvalue weighted by molar-refractivity contribution is -0.137. The molecule has 0 aliphatic rings. The summed E-state index contributed by atoms with van der Waals surface area (Å²) in [6.45, 7) is 0. The molecule has 0 aliphatic heterocycles. The van der Waals surface area contributed by atoms with Crippen LogP contribution in [0.25, 0.3) is 16.7 Å². The fraction of sp³-hybridized carbons (Fsp3) is 0.0714. The highest BCUT2D eigenvalue weighted by molar-refractivity contribution is 14.1. The van der Waals surface area contributed by atoms with Crippen LogP contribution < -0.4 is 5.73 Å². The molecule has 1 aromatic heterocycles. The average molecular weight is 403 g/mol. The fourth-order valence-electron chi connectivity index (χ4n) is 2.14. The molecule has 2 N–H and O–H groups in total. The Morgan fingerprint density at radius 1 is 1.05 bits per heavy atom. The van der Waals surface area contributed by atoms with Crippen molar-refractivity contribution in [3.05, 3.63) is 51.6 Å². The van der Waals surface area contributed by atoms with Crippen LogP contribution in [0.5, 0.6) is 0 Å². The zero-order valence-electron chi connectivity index (χ0n) is 10.5. The van der Waals surface area contributed by atoms with E-state index in [2.05, 4.69) is 27.6 Å². The van der Waals surface area contributed by atoms with E-state index >= 15 is 0 Å². The van der Waals surface area contributed by atoms with Gasteiger partial charge in [-0.1, -0.05) is 0 Å². The molecule has 21 heavy (non-hydrogen) atoms. The minimum atomic E-state index is -4.35. The zero-order chi connectivity index (χ0) is 15.2. The summed E-state index contributed by atoms with van der Waals surface area (Å²) >= 11 is 2.16. The second-order valence-corrected chi connectivity index (χ2v) is 5.73. The van der Waals surface area contributed by atoms with Gasteiger partial charge in [0.2, 0.25) is 5.95 Å². The lowest BCUT2D eigenvalue weighted by Gasteiger charge is -2.10. The standard InChI is InChI=1S/C14H9F3IN3/c15-14(16,17)8-1-4-10(5-2-8)21-12-6-3-9(18)7-11(12)20-13(21)19/h1-7H,(H2,19,20). The summed E-state index contributed by atoms with van der Waals surface area (Å²) in [7, 11) is 0. The highest BCUT2D eigenvalue weighted by Gasteiger charge is 2.30. The quantitative estimate of drug-likeness (QED) is 0.619. The van der Waals surface area contributed by atoms with Gasteiger partial charge < -0.3 is 5.73 Å². The molecule has 108 valence electrons. The third-order valence-corrected chi connectivity index (χ3v) is 3.77. The van der Waals surface area contributed by atoms with E-state index in [9.17, 15) is 13.2 Å². The van der Waals surface area contributed by atoms with Crippen LogP contribution in [0.1, 0.15) is 5.56 Å². The number of rotatable bonds is 1. The highest BCUT2D eigenvalue weighted by atomic mass is 127. The molecular formula is C14H9F3IN3. The summed E-state index contributed by atoms with van der Waals surface area (Å²) in [6, 6.07) is 10.5. The van der Waals surface area contributed by atoms with Crippen molar-refractivity contribution < 1.29 is 13.2 Å². The molecule has 1 heterocycles. The third kappa shape index (κ3) is 2.57. The smallest absolute Gasteiger partial charge is 0.369 e. The number of aromatic nitrogens is 2. The van der Waals surface area contributed by atoms with Crippen molar-refractivity contribution >= 4 is 39.6 Å². The van der Waals surface area contributed by atoms with Crippen LogP contribution >= 0.6 is 22.6 Å². The van der Waals surface area contributed by atoms with Crippen molar-refractivity contribution in [1.29, 1.82) is 0 Å². The van der Waals surface area contributed by atoms with Gasteiger partial charge in [0, 0.05) is 9.26 Å². The molecule has 3 aromatic rings. The lowest BCUT2D eigenvalue weighted by Crippen LogP contribution is -2.06. The van der Waals surface area contributed by atoms with Gasteiger partial charge in [0.25, 0.3) is 0 Å². The highest BCUT2D eigenvalue weighted by Crippen LogP contribution is 2.31. The Morgan fingerprint density at radius 2 is 1.71 bits per heavy atom. The minimum absolute atomic E-state index is 0.242. The van der Waals surface area contributed by atoms with Crippen molar-refractivity contribution in [2.45, 2.75) is 6.18 Å². The first-order chi connectivity index (χ1) is 9.86. The Labute approximate surface area is 131 Å². The molecular weight excluding hydrogens is 394 g/mol. The van der Waals surface area contributed by atoms with Crippen molar-refractivity contribution in [2.24, 2.45) is 0 Å². The Balaban J connectivity index is 2.14. The van der Waals surface area contributed by atoms with Gasteiger partial charge in [0.1, 0.15) is 0 Å². The SMILES string of the molecule is Nc1nc2cc(I)ccc2n1-c1ccc(C(F)(F)F)cc1. The van der Waals surface area contributed by atoms with Crippen molar-refractivity contribution in [2.75, 3.05) is 5.73 Å². The molecule has 0 saturated carbocycles. The van der Waals surface area contributed by atoms with Crippen LogP contribution in [-0.2, 0) is 6.18 Å². The number of imidazole rings is 1. The van der Waals surface area contributed by atoms with Gasteiger partial charge in [-0.2, -0.15) is 13.2 Å². The summed E-state index contributed by atoms with van der Waals surface area (Å²) in [4.78, 5) is 4.24. The molecule has 0 aliphatic carbocycles. The fourth-order valence-corrected chi connectivity index (χ4v) is 2.62. The Morgan fingerprint density at radius 3 is 2.33 bits per heavy atom. The van der Waals surface area contributed by atoms with E-state index in [0.717, 1.165) is 21.2 Å². The van der Waals surface area contributed by atoms with E-state index < -0.39 is 11.7 Å². The first-order valence-electron chi connectivity index (χ1n) is 5.97. The van der Waals surface area contributed by atoms with Crippen molar-refractivity contribution in [3.63, 3.8) is 0 Å². The monoisotopic (exact) mass is 403 g/mol. The number of alkyl halides is 3. The maximum atomic E-state index is 12.6. The molecule has 0 fully saturated rings. The van der Waals surface area contributed by atoms with Crippen LogP contribution in [0, 0.1) is 3.57 Å². The van der Waals surface area contributed by atoms with E-state index in [4.69, 9.17) is 5.73 Å². The lowest BCUT2D eigenvalue weighted by atomic mass is 10.2. The topological polar surface area (TPSA) is 43.8 Å². The molecule has 0 radical (unpaired) electrons. The zero-order valence-corrected chi connectivity index (χ0v) is 12.7. The van der Waals surface area contributed by atoms with Gasteiger partial charge in [-0.15, -0.1) is 0 Å². The number of nitrogens with two attached hydrogens (primary N) is 1. The van der Waals surface area contributed by atoms with Gasteiger partial charge in [-0.25, -0.2) is 4.98 Å². The summed E-state index contributed by atoms with van der Waals surface area (Å²) in [5.74, 6) is 0.242. The van der Waals surface area contributed by atoms with Crippen LogP contribution in [-0.4, -0.2) is 9.55 Å². The number of nitrogen functional groups attached to an aromatic ring is 1. The van der Waals surface area contributed by atoms with Crippen molar-refractivity contribution in [1.82, 2.24) is 9.55 Å². The van der Waals surface area contributed by atoms with Crippen LogP contribution in [0.2, 0.25) is 0 Å². The summed E-state index contributed by atoms with van der Waals surface area (Å²) in [5.41, 5.74) is 7.21. The molecule has 0 saturated heterocycles. The molecule has 0 atom stereocenters. The van der Waals surface area contributed by atoms with Gasteiger partial charge in [0.15, 0.2) is 0 Å². The van der Waals surface area contributed by atoms with Gasteiger partial charge in [-0.3, -0.25) is 4.57 Å². The molecule has 0 amide bonds. The number of nitrogens with zero attached hydrogens (tertiary/aromatic N) is 2. The van der Waals surface area contributed by atoms with E-state index in [-0.39, 0.29) is 5.95 Å². The van der Waals surface area contributed by atoms with Gasteiger partial charge >= 0.3 is 6.18 Å². The number of anilines is 1. The largest absolute Gasteiger partial charge is 0.416 e. The normalized spacial score (nSPS) is 12.0. The Hall–Kier alpha value is -1.77. The molecule has 3 rings (SSSR count). The Bertz CT molecular complexity index is 807. The first kappa shape index (κ1) is 14.2. The van der Waals surface area contributed by atoms with Crippen LogP contribution in [0.15, 0.2) is 42.5 Å². The summed E-state index contributed by atoms with van der Waals surface area (Å²) in [5, 5.41) is 0. The number of benzene rings is 2. The maximum absolute atomic E-state index is 12.6. The summed E-state index contributed by atoms with van der Waals surface area (Å²) in [6.07, 6.45) is -4.35. The second-order valence-electron chi connectivity index (χ2n) is 4.48. The predicted molar refractivity (Wildman–Crippen MR) is 83.2 cm³/mol. The van der Waals surface area contributed by atoms with Gasteiger partial charge in [-0.05, 0) is 65.1 Å². The van der Waals surface area contributed by atoms with E-state index in [1.807, 2.05) is 18.2 Å². The molecule has 3 nitrogen and oxygen atoms in total. The van der Waals surface area contributed by atoms with E-state index in [1.54, 1.807) is 4.57 Å². The van der Waals surface area contributed by atoms with E-state index in [0.29, 0.717) is 11.2 Å². The average Bonchev–Trinajstić information content (AvgIpc) is 2.73. The first-order valence-corrected chi connectivity index (χ1v) is 7.05. The third-order valence-electron chi connectivity index (χ3n) is 3.10. The second kappa shape index (κ2) is 4.90. The van der Waals surface area contributed by atoms with Gasteiger partial charge in [0.05, 0.1) is 16.6 Å². The van der Waals surface area contributed by atoms with Crippen LogP contribution in [0.4, 0.5) is 19.1 Å². The number of hydrogen-bond acceptors (Lipinski definition) is 2. The predicted octanol–water partition coefficient (Wildman–Crippen LogP) is 4.23. The molecule has 2 aromatic carbocycles. The number of hydrogen-bond donors (Lipinski definition) is 1. The van der Waals surface area contributed by atoms with Crippen LogP contribution in [0.3, 0.4) is 0 Å². The molecule has 0 unspecified atom stereocenters. The summed E-state index contributed by atoms with van der Waals surface area (Å²) < 4.78 is 40.4. The number of fused-ring (bicyclic) bond motifs is 1. The van der Waals surface area contributed by atoms with E-state index in [1.165, 1.54) is 12.1 Å². The molecule has 0 spiro atoms. The van der Waals surface area contributed by atoms with Crippen molar-refractivity contribution in [3.8, 4) is 5.69 Å². The number of halogens is 4. The maximum Gasteiger partial charge on any atom is 0.416 e. The molecule has 0 bridgehead atoms. The molecule has 7 heteroatoms. The Kier molecular flexibility index (Phi) is 3.31. The minimum Gasteiger partial charge on any atom is -0.369 e.